The summed E-state index contributed by atoms with van der Waals surface area (Å²) in [5.74, 6) is -1.45. The van der Waals surface area contributed by atoms with Gasteiger partial charge in [-0.05, 0) is 19.9 Å². The number of halogens is 2. The van der Waals surface area contributed by atoms with E-state index in [1.165, 1.54) is 12.1 Å². The van der Waals surface area contributed by atoms with Crippen molar-refractivity contribution in [3.05, 3.63) is 71.3 Å². The van der Waals surface area contributed by atoms with Gasteiger partial charge in [0.1, 0.15) is 17.3 Å². The summed E-state index contributed by atoms with van der Waals surface area (Å²) in [5.41, 5.74) is 2.91. The Bertz CT molecular complexity index is 939. The monoisotopic (exact) mass is 371 g/mol. The van der Waals surface area contributed by atoms with Gasteiger partial charge >= 0.3 is 0 Å². The summed E-state index contributed by atoms with van der Waals surface area (Å²) < 4.78 is 31.9. The Balaban J connectivity index is 1.56. The van der Waals surface area contributed by atoms with Crippen LogP contribution in [0.2, 0.25) is 0 Å². The van der Waals surface area contributed by atoms with Crippen molar-refractivity contribution < 1.29 is 18.1 Å². The number of benzene rings is 2. The van der Waals surface area contributed by atoms with E-state index in [0.29, 0.717) is 5.69 Å². The van der Waals surface area contributed by atoms with Gasteiger partial charge in [-0.15, -0.1) is 0 Å². The van der Waals surface area contributed by atoms with Crippen LogP contribution in [-0.4, -0.2) is 17.6 Å². The summed E-state index contributed by atoms with van der Waals surface area (Å²) in [4.78, 5) is 12.1. The van der Waals surface area contributed by atoms with Crippen molar-refractivity contribution in [2.24, 2.45) is 0 Å². The Labute approximate surface area is 155 Å². The van der Waals surface area contributed by atoms with Gasteiger partial charge in [-0.2, -0.15) is 0 Å². The zero-order valence-corrected chi connectivity index (χ0v) is 14.9. The SMILES string of the molecule is Cc1ccc(-c2cc(NC(=O)CN[C@H](C)c3ccc(F)cc3F)on2)cc1. The first-order valence-electron chi connectivity index (χ1n) is 8.44. The molecule has 140 valence electrons. The average molecular weight is 371 g/mol. The highest BCUT2D eigenvalue weighted by molar-refractivity contribution is 5.91. The molecule has 0 saturated carbocycles. The van der Waals surface area contributed by atoms with Gasteiger partial charge in [0.25, 0.3) is 0 Å². The van der Waals surface area contributed by atoms with E-state index in [2.05, 4.69) is 15.8 Å². The molecule has 2 aromatic carbocycles. The number of amides is 1. The van der Waals surface area contributed by atoms with Crippen molar-refractivity contribution in [3.8, 4) is 11.3 Å². The van der Waals surface area contributed by atoms with Gasteiger partial charge in [0, 0.05) is 29.3 Å². The van der Waals surface area contributed by atoms with Gasteiger partial charge in [-0.3, -0.25) is 10.1 Å². The smallest absolute Gasteiger partial charge is 0.240 e. The van der Waals surface area contributed by atoms with Crippen LogP contribution >= 0.6 is 0 Å². The van der Waals surface area contributed by atoms with Crippen molar-refractivity contribution in [3.63, 3.8) is 0 Å². The standard InChI is InChI=1S/C20H19F2N3O2/c1-12-3-5-14(6-4-12)18-10-20(27-25-18)24-19(26)11-23-13(2)16-8-7-15(21)9-17(16)22/h3-10,13,23H,11H2,1-2H3,(H,24,26)/t13-/m1/s1. The molecule has 1 heterocycles. The van der Waals surface area contributed by atoms with Gasteiger partial charge in [-0.1, -0.05) is 41.1 Å². The van der Waals surface area contributed by atoms with Gasteiger partial charge in [0.15, 0.2) is 0 Å². The van der Waals surface area contributed by atoms with E-state index < -0.39 is 17.7 Å². The molecule has 0 aliphatic rings. The molecule has 1 atom stereocenters. The average Bonchev–Trinajstić information content (AvgIpc) is 3.08. The first-order chi connectivity index (χ1) is 12.9. The highest BCUT2D eigenvalue weighted by Crippen LogP contribution is 2.22. The largest absolute Gasteiger partial charge is 0.338 e. The Hall–Kier alpha value is -3.06. The van der Waals surface area contributed by atoms with E-state index in [9.17, 15) is 13.6 Å². The zero-order valence-electron chi connectivity index (χ0n) is 14.9. The molecule has 1 aromatic heterocycles. The number of aryl methyl sites for hydroxylation is 1. The summed E-state index contributed by atoms with van der Waals surface area (Å²) >= 11 is 0. The summed E-state index contributed by atoms with van der Waals surface area (Å²) in [7, 11) is 0. The lowest BCUT2D eigenvalue weighted by atomic mass is 10.1. The second kappa shape index (κ2) is 8.09. The topological polar surface area (TPSA) is 67.2 Å². The summed E-state index contributed by atoms with van der Waals surface area (Å²) in [6.45, 7) is 3.61. The van der Waals surface area contributed by atoms with Crippen LogP contribution < -0.4 is 10.6 Å². The van der Waals surface area contributed by atoms with Gasteiger partial charge in [0.05, 0.1) is 6.54 Å². The number of hydrogen-bond donors (Lipinski definition) is 2. The normalized spacial score (nSPS) is 12.0. The molecule has 0 aliphatic carbocycles. The third-order valence-corrected chi connectivity index (χ3v) is 4.12. The highest BCUT2D eigenvalue weighted by Gasteiger charge is 2.14. The first kappa shape index (κ1) is 18.7. The number of anilines is 1. The number of nitrogens with zero attached hydrogens (tertiary/aromatic N) is 1. The molecule has 3 rings (SSSR count). The Kier molecular flexibility index (Phi) is 5.61. The van der Waals surface area contributed by atoms with Crippen LogP contribution in [0.4, 0.5) is 14.7 Å². The molecule has 0 fully saturated rings. The number of carbonyl (C=O) groups excluding carboxylic acids is 1. The van der Waals surface area contributed by atoms with Gasteiger partial charge < -0.3 is 9.84 Å². The fraction of sp³-hybridized carbons (Fsp3) is 0.200. The molecule has 3 aromatic rings. The Morgan fingerprint density at radius 2 is 1.89 bits per heavy atom. The maximum atomic E-state index is 13.8. The van der Waals surface area contributed by atoms with Crippen molar-refractivity contribution in [1.29, 1.82) is 0 Å². The lowest BCUT2D eigenvalue weighted by Crippen LogP contribution is -2.30. The predicted molar refractivity (Wildman–Crippen MR) is 98.1 cm³/mol. The van der Waals surface area contributed by atoms with Crippen LogP contribution in [0.1, 0.15) is 24.1 Å². The molecule has 5 nitrogen and oxygen atoms in total. The van der Waals surface area contributed by atoms with Crippen LogP contribution in [0.5, 0.6) is 0 Å². The summed E-state index contributed by atoms with van der Waals surface area (Å²) in [6, 6.07) is 12.3. The van der Waals surface area contributed by atoms with E-state index in [0.717, 1.165) is 17.2 Å². The Morgan fingerprint density at radius 1 is 1.15 bits per heavy atom. The van der Waals surface area contributed by atoms with Crippen molar-refractivity contribution in [2.45, 2.75) is 19.9 Å². The number of hydrogen-bond acceptors (Lipinski definition) is 4. The molecule has 1 amide bonds. The van der Waals surface area contributed by atoms with Crippen LogP contribution in [-0.2, 0) is 4.79 Å². The van der Waals surface area contributed by atoms with Crippen molar-refractivity contribution in [2.75, 3.05) is 11.9 Å². The molecule has 7 heteroatoms. The molecule has 0 radical (unpaired) electrons. The molecule has 0 unspecified atom stereocenters. The molecule has 0 saturated heterocycles. The second-order valence-electron chi connectivity index (χ2n) is 6.26. The third kappa shape index (κ3) is 4.77. The van der Waals surface area contributed by atoms with E-state index in [4.69, 9.17) is 4.52 Å². The predicted octanol–water partition coefficient (Wildman–Crippen LogP) is 4.22. The minimum absolute atomic E-state index is 0.0709. The fourth-order valence-corrected chi connectivity index (χ4v) is 2.58. The number of aromatic nitrogens is 1. The maximum absolute atomic E-state index is 13.8. The maximum Gasteiger partial charge on any atom is 0.240 e. The number of nitrogens with one attached hydrogen (secondary N) is 2. The zero-order chi connectivity index (χ0) is 19.4. The molecule has 27 heavy (non-hydrogen) atoms. The molecule has 0 aliphatic heterocycles. The van der Waals surface area contributed by atoms with E-state index in [1.807, 2.05) is 31.2 Å². The summed E-state index contributed by atoms with van der Waals surface area (Å²) in [5, 5.41) is 9.41. The molecular weight excluding hydrogens is 352 g/mol. The summed E-state index contributed by atoms with van der Waals surface area (Å²) in [6.07, 6.45) is 0. The number of carbonyl (C=O) groups is 1. The lowest BCUT2D eigenvalue weighted by Gasteiger charge is -2.14. The van der Waals surface area contributed by atoms with Gasteiger partial charge in [0.2, 0.25) is 11.8 Å². The third-order valence-electron chi connectivity index (χ3n) is 4.12. The van der Waals surface area contributed by atoms with Crippen LogP contribution in [0, 0.1) is 18.6 Å². The number of rotatable bonds is 6. The molecule has 0 bridgehead atoms. The van der Waals surface area contributed by atoms with Gasteiger partial charge in [-0.25, -0.2) is 8.78 Å². The van der Waals surface area contributed by atoms with E-state index >= 15 is 0 Å². The highest BCUT2D eigenvalue weighted by atomic mass is 19.1. The lowest BCUT2D eigenvalue weighted by molar-refractivity contribution is -0.115. The second-order valence-corrected chi connectivity index (χ2v) is 6.26. The molecular formula is C20H19F2N3O2. The van der Waals surface area contributed by atoms with Crippen LogP contribution in [0.3, 0.4) is 0 Å². The van der Waals surface area contributed by atoms with Crippen LogP contribution in [0.15, 0.2) is 53.1 Å². The van der Waals surface area contributed by atoms with Crippen LogP contribution in [0.25, 0.3) is 11.3 Å². The van der Waals surface area contributed by atoms with Crippen molar-refractivity contribution >= 4 is 11.8 Å². The van der Waals surface area contributed by atoms with E-state index in [1.54, 1.807) is 13.0 Å². The minimum atomic E-state index is -0.659. The quantitative estimate of drug-likeness (QED) is 0.681. The first-order valence-corrected chi connectivity index (χ1v) is 8.44. The van der Waals surface area contributed by atoms with Crippen molar-refractivity contribution in [1.82, 2.24) is 10.5 Å². The molecule has 2 N–H and O–H groups in total. The van der Waals surface area contributed by atoms with E-state index in [-0.39, 0.29) is 23.9 Å². The Morgan fingerprint density at radius 3 is 2.59 bits per heavy atom. The minimum Gasteiger partial charge on any atom is -0.338 e. The molecule has 0 spiro atoms. The fourth-order valence-electron chi connectivity index (χ4n) is 2.58.